The summed E-state index contributed by atoms with van der Waals surface area (Å²) in [7, 11) is 0. The van der Waals surface area contributed by atoms with Crippen LogP contribution in [0.3, 0.4) is 0 Å². The summed E-state index contributed by atoms with van der Waals surface area (Å²) >= 11 is 0. The molecule has 2 amide bonds. The normalized spacial score (nSPS) is 16.9. The number of alkyl halides is 3. The van der Waals surface area contributed by atoms with Gasteiger partial charge in [-0.3, -0.25) is 9.59 Å². The van der Waals surface area contributed by atoms with Gasteiger partial charge in [0.1, 0.15) is 23.6 Å². The van der Waals surface area contributed by atoms with Crippen molar-refractivity contribution in [2.75, 3.05) is 6.54 Å². The molecule has 1 aliphatic carbocycles. The largest absolute Gasteiger partial charge is 0.480 e. The van der Waals surface area contributed by atoms with Gasteiger partial charge in [-0.2, -0.15) is 13.2 Å². The summed E-state index contributed by atoms with van der Waals surface area (Å²) in [6, 6.07) is 24.2. The Labute approximate surface area is 282 Å². The molecule has 1 heterocycles. The second-order valence-electron chi connectivity index (χ2n) is 12.7. The maximum Gasteiger partial charge on any atom is 0.416 e. The van der Waals surface area contributed by atoms with E-state index in [4.69, 9.17) is 4.74 Å². The van der Waals surface area contributed by atoms with Gasteiger partial charge >= 0.3 is 12.1 Å². The van der Waals surface area contributed by atoms with Crippen LogP contribution in [0.4, 0.5) is 13.2 Å². The van der Waals surface area contributed by atoms with Gasteiger partial charge in [-0.15, -0.1) is 0 Å². The molecule has 0 spiro atoms. The summed E-state index contributed by atoms with van der Waals surface area (Å²) in [6.07, 6.45) is 0.333. The predicted octanol–water partition coefficient (Wildman–Crippen LogP) is 7.98. The standard InChI is InChI=1S/C39H37F3N2O5/c40-39(41,42)30-15-18-31(19-16-30)49-32-17-14-29-20-21-44(35(45)23-25-6-4-5-7-25)36(33(29)24-32)37(46)43-34(38(47)48)22-26-10-12-28(13-11-26)27-8-2-1-3-9-27/h1-3,8-19,24-25,34,36H,4-7,20-23H2,(H,43,46)(H,47,48)/t34-,36?/m0/s1. The molecule has 49 heavy (non-hydrogen) atoms. The third kappa shape index (κ3) is 8.13. The molecular formula is C39H37F3N2O5. The molecule has 1 aliphatic heterocycles. The Bertz CT molecular complexity index is 1790. The van der Waals surface area contributed by atoms with E-state index in [0.29, 0.717) is 18.4 Å². The van der Waals surface area contributed by atoms with Gasteiger partial charge in [0, 0.05) is 19.4 Å². The molecule has 1 saturated carbocycles. The van der Waals surface area contributed by atoms with Crippen molar-refractivity contribution in [1.29, 1.82) is 0 Å². The van der Waals surface area contributed by atoms with Crippen LogP contribution in [-0.2, 0) is 33.4 Å². The van der Waals surface area contributed by atoms with Crippen LogP contribution < -0.4 is 10.1 Å². The van der Waals surface area contributed by atoms with E-state index in [0.717, 1.165) is 60.1 Å². The van der Waals surface area contributed by atoms with E-state index in [1.165, 1.54) is 17.0 Å². The minimum absolute atomic E-state index is 0.0306. The maximum absolute atomic E-state index is 14.1. The smallest absolute Gasteiger partial charge is 0.416 e. The number of nitrogens with zero attached hydrogens (tertiary/aromatic N) is 1. The third-order valence-electron chi connectivity index (χ3n) is 9.39. The molecule has 0 radical (unpaired) electrons. The molecule has 4 aromatic rings. The molecule has 1 fully saturated rings. The number of halogens is 3. The number of fused-ring (bicyclic) bond motifs is 1. The minimum atomic E-state index is -4.49. The molecular weight excluding hydrogens is 633 g/mol. The Kier molecular flexibility index (Phi) is 10.0. The number of carboxylic acid groups (broad SMARTS) is 1. The summed E-state index contributed by atoms with van der Waals surface area (Å²) < 4.78 is 45.1. The first kappa shape index (κ1) is 33.8. The van der Waals surface area contributed by atoms with Gasteiger partial charge < -0.3 is 20.1 Å². The van der Waals surface area contributed by atoms with E-state index in [2.05, 4.69) is 5.32 Å². The van der Waals surface area contributed by atoms with Crippen molar-refractivity contribution in [3.05, 3.63) is 119 Å². The lowest BCUT2D eigenvalue weighted by Crippen LogP contribution is -2.51. The lowest BCUT2D eigenvalue weighted by molar-refractivity contribution is -0.145. The van der Waals surface area contributed by atoms with Crippen molar-refractivity contribution in [3.63, 3.8) is 0 Å². The molecule has 10 heteroatoms. The van der Waals surface area contributed by atoms with Gasteiger partial charge in [-0.1, -0.05) is 73.5 Å². The summed E-state index contributed by atoms with van der Waals surface area (Å²) in [6.45, 7) is 0.286. The fourth-order valence-electron chi connectivity index (χ4n) is 6.79. The summed E-state index contributed by atoms with van der Waals surface area (Å²) in [5.41, 5.74) is 3.20. The molecule has 6 rings (SSSR count). The number of carboxylic acids is 1. The maximum atomic E-state index is 14.1. The van der Waals surface area contributed by atoms with E-state index in [1.807, 2.05) is 54.6 Å². The number of hydrogen-bond acceptors (Lipinski definition) is 4. The fourth-order valence-corrected chi connectivity index (χ4v) is 6.79. The van der Waals surface area contributed by atoms with Gasteiger partial charge in [0.2, 0.25) is 11.8 Å². The minimum Gasteiger partial charge on any atom is -0.480 e. The Balaban J connectivity index is 1.25. The fraction of sp³-hybridized carbons (Fsp3) is 0.308. The average molecular weight is 671 g/mol. The zero-order chi connectivity index (χ0) is 34.5. The van der Waals surface area contributed by atoms with Crippen LogP contribution in [0, 0.1) is 5.92 Å². The second-order valence-corrected chi connectivity index (χ2v) is 12.7. The average Bonchev–Trinajstić information content (AvgIpc) is 3.61. The van der Waals surface area contributed by atoms with Crippen molar-refractivity contribution in [2.24, 2.45) is 5.92 Å². The van der Waals surface area contributed by atoms with E-state index in [-0.39, 0.29) is 36.3 Å². The number of aliphatic carboxylic acids is 1. The lowest BCUT2D eigenvalue weighted by atomic mass is 9.90. The molecule has 2 N–H and O–H groups in total. The van der Waals surface area contributed by atoms with Crippen LogP contribution in [0.2, 0.25) is 0 Å². The summed E-state index contributed by atoms with van der Waals surface area (Å²) in [5.74, 6) is -1.33. The van der Waals surface area contributed by atoms with Gasteiger partial charge in [-0.25, -0.2) is 4.79 Å². The molecule has 0 aromatic heterocycles. The highest BCUT2D eigenvalue weighted by molar-refractivity contribution is 5.92. The van der Waals surface area contributed by atoms with E-state index in [1.54, 1.807) is 18.2 Å². The van der Waals surface area contributed by atoms with Crippen LogP contribution in [0.25, 0.3) is 11.1 Å². The zero-order valence-electron chi connectivity index (χ0n) is 26.8. The molecule has 7 nitrogen and oxygen atoms in total. The van der Waals surface area contributed by atoms with Crippen molar-refractivity contribution >= 4 is 17.8 Å². The molecule has 2 atom stereocenters. The van der Waals surface area contributed by atoms with Crippen molar-refractivity contribution < 1.29 is 37.4 Å². The molecule has 4 aromatic carbocycles. The second kappa shape index (κ2) is 14.6. The topological polar surface area (TPSA) is 95.9 Å². The lowest BCUT2D eigenvalue weighted by Gasteiger charge is -2.37. The predicted molar refractivity (Wildman–Crippen MR) is 178 cm³/mol. The van der Waals surface area contributed by atoms with Gasteiger partial charge in [0.05, 0.1) is 5.56 Å². The van der Waals surface area contributed by atoms with Crippen molar-refractivity contribution in [1.82, 2.24) is 10.2 Å². The Morgan fingerprint density at radius 3 is 2.16 bits per heavy atom. The monoisotopic (exact) mass is 670 g/mol. The molecule has 0 bridgehead atoms. The van der Waals surface area contributed by atoms with E-state index < -0.39 is 35.7 Å². The van der Waals surface area contributed by atoms with Gasteiger partial charge in [-0.05, 0) is 89.4 Å². The van der Waals surface area contributed by atoms with Gasteiger partial charge in [0.15, 0.2) is 0 Å². The number of hydrogen-bond donors (Lipinski definition) is 2. The molecule has 254 valence electrons. The Morgan fingerprint density at radius 2 is 1.51 bits per heavy atom. The highest BCUT2D eigenvalue weighted by Gasteiger charge is 2.39. The Morgan fingerprint density at radius 1 is 0.857 bits per heavy atom. The highest BCUT2D eigenvalue weighted by Crippen LogP contribution is 2.37. The number of nitrogens with one attached hydrogen (secondary N) is 1. The van der Waals surface area contributed by atoms with E-state index in [9.17, 15) is 32.7 Å². The number of rotatable bonds is 10. The number of amides is 2. The summed E-state index contributed by atoms with van der Waals surface area (Å²) in [4.78, 5) is 41.9. The SMILES string of the molecule is O=C(N[C@@H](Cc1ccc(-c2ccccc2)cc1)C(=O)O)C1c2cc(Oc3ccc(C(F)(F)F)cc3)ccc2CCN1C(=O)CC1CCCC1. The number of ether oxygens (including phenoxy) is 1. The van der Waals surface area contributed by atoms with E-state index >= 15 is 0 Å². The Hall–Kier alpha value is -5.12. The van der Waals surface area contributed by atoms with Gasteiger partial charge in [0.25, 0.3) is 0 Å². The van der Waals surface area contributed by atoms with Crippen LogP contribution in [-0.4, -0.2) is 40.4 Å². The molecule has 2 aliphatic rings. The molecule has 1 unspecified atom stereocenters. The number of carbonyl (C=O) groups is 3. The van der Waals surface area contributed by atoms with Crippen molar-refractivity contribution in [3.8, 4) is 22.6 Å². The van der Waals surface area contributed by atoms with Crippen LogP contribution in [0.5, 0.6) is 11.5 Å². The van der Waals surface area contributed by atoms with Crippen LogP contribution in [0.15, 0.2) is 97.1 Å². The quantitative estimate of drug-likeness (QED) is 0.178. The first-order chi connectivity index (χ1) is 23.5. The third-order valence-corrected chi connectivity index (χ3v) is 9.39. The summed E-state index contributed by atoms with van der Waals surface area (Å²) in [5, 5.41) is 12.9. The zero-order valence-corrected chi connectivity index (χ0v) is 26.8. The number of benzene rings is 4. The first-order valence-electron chi connectivity index (χ1n) is 16.5. The highest BCUT2D eigenvalue weighted by atomic mass is 19.4. The molecule has 0 saturated heterocycles. The number of carbonyl (C=O) groups excluding carboxylic acids is 2. The van der Waals surface area contributed by atoms with Crippen LogP contribution in [0.1, 0.15) is 60.4 Å². The first-order valence-corrected chi connectivity index (χ1v) is 16.5. The van der Waals surface area contributed by atoms with Crippen LogP contribution >= 0.6 is 0 Å². The van der Waals surface area contributed by atoms with Crippen molar-refractivity contribution in [2.45, 2.75) is 63.2 Å².